The summed E-state index contributed by atoms with van der Waals surface area (Å²) in [5, 5.41) is 5.82. The van der Waals surface area contributed by atoms with E-state index in [0.29, 0.717) is 24.5 Å². The van der Waals surface area contributed by atoms with Crippen molar-refractivity contribution >= 4 is 22.8 Å². The summed E-state index contributed by atoms with van der Waals surface area (Å²) in [7, 11) is 1.53. The van der Waals surface area contributed by atoms with Crippen molar-refractivity contribution < 1.29 is 23.5 Å². The third kappa shape index (κ3) is 5.61. The lowest BCUT2D eigenvalue weighted by molar-refractivity contribution is -0.127. The number of aryl methyl sites for hydroxylation is 1. The number of fused-ring (bicyclic) bond motifs is 1. The molecular formula is C17H20N2O6. The van der Waals surface area contributed by atoms with Crippen LogP contribution in [0, 0.1) is 6.92 Å². The predicted octanol–water partition coefficient (Wildman–Crippen LogP) is 0.359. The molecule has 25 heavy (non-hydrogen) atoms. The predicted molar refractivity (Wildman–Crippen MR) is 90.6 cm³/mol. The lowest BCUT2D eigenvalue weighted by atomic mass is 10.1. The molecule has 0 fully saturated rings. The first-order valence-corrected chi connectivity index (χ1v) is 7.69. The van der Waals surface area contributed by atoms with Gasteiger partial charge >= 0.3 is 5.63 Å². The number of amides is 2. The smallest absolute Gasteiger partial charge is 0.336 e. The minimum Gasteiger partial charge on any atom is -0.484 e. The maximum atomic E-state index is 11.7. The summed E-state index contributed by atoms with van der Waals surface area (Å²) in [6.45, 7) is 2.19. The maximum Gasteiger partial charge on any atom is 0.336 e. The summed E-state index contributed by atoms with van der Waals surface area (Å²) in [5.74, 6) is -0.359. The molecule has 2 amide bonds. The number of carbonyl (C=O) groups is 2. The zero-order valence-electron chi connectivity index (χ0n) is 14.1. The molecule has 8 heteroatoms. The van der Waals surface area contributed by atoms with Gasteiger partial charge in [-0.15, -0.1) is 0 Å². The molecule has 1 aromatic heterocycles. The molecule has 1 aromatic carbocycles. The fourth-order valence-electron chi connectivity index (χ4n) is 2.13. The summed E-state index contributed by atoms with van der Waals surface area (Å²) in [6, 6.07) is 6.40. The Bertz CT molecular complexity index is 814. The van der Waals surface area contributed by atoms with Gasteiger partial charge < -0.3 is 24.5 Å². The summed E-state index contributed by atoms with van der Waals surface area (Å²) in [4.78, 5) is 34.6. The first kappa shape index (κ1) is 18.5. The van der Waals surface area contributed by atoms with Crippen LogP contribution in [0.4, 0.5) is 0 Å². The zero-order chi connectivity index (χ0) is 18.2. The molecule has 2 aromatic rings. The molecule has 0 saturated carbocycles. The van der Waals surface area contributed by atoms with E-state index >= 15 is 0 Å². The molecule has 8 nitrogen and oxygen atoms in total. The van der Waals surface area contributed by atoms with E-state index in [9.17, 15) is 14.4 Å². The Kier molecular flexibility index (Phi) is 6.53. The van der Waals surface area contributed by atoms with Gasteiger partial charge in [-0.3, -0.25) is 9.59 Å². The van der Waals surface area contributed by atoms with Crippen molar-refractivity contribution in [3.63, 3.8) is 0 Å². The van der Waals surface area contributed by atoms with Crippen molar-refractivity contribution in [2.75, 3.05) is 33.4 Å². The van der Waals surface area contributed by atoms with Crippen LogP contribution in [0.5, 0.6) is 5.75 Å². The second-order valence-electron chi connectivity index (χ2n) is 5.31. The van der Waals surface area contributed by atoms with Crippen molar-refractivity contribution in [1.82, 2.24) is 10.6 Å². The van der Waals surface area contributed by atoms with Crippen LogP contribution in [-0.2, 0) is 14.3 Å². The lowest BCUT2D eigenvalue weighted by Crippen LogP contribution is -2.39. The molecule has 0 unspecified atom stereocenters. The molecule has 0 radical (unpaired) electrons. The fourth-order valence-corrected chi connectivity index (χ4v) is 2.13. The van der Waals surface area contributed by atoms with E-state index < -0.39 is 11.5 Å². The van der Waals surface area contributed by atoms with E-state index in [1.807, 2.05) is 6.92 Å². The van der Waals surface area contributed by atoms with Crippen LogP contribution in [0.1, 0.15) is 5.56 Å². The highest BCUT2D eigenvalue weighted by Crippen LogP contribution is 2.22. The number of hydrogen-bond donors (Lipinski definition) is 2. The van der Waals surface area contributed by atoms with Gasteiger partial charge in [-0.1, -0.05) is 0 Å². The van der Waals surface area contributed by atoms with Gasteiger partial charge in [-0.25, -0.2) is 4.79 Å². The second kappa shape index (κ2) is 8.84. The average molecular weight is 348 g/mol. The van der Waals surface area contributed by atoms with Gasteiger partial charge in [0, 0.05) is 31.2 Å². The topological polar surface area (TPSA) is 107 Å². The monoisotopic (exact) mass is 348 g/mol. The number of benzene rings is 1. The quantitative estimate of drug-likeness (QED) is 0.527. The van der Waals surface area contributed by atoms with Gasteiger partial charge in [-0.05, 0) is 24.6 Å². The van der Waals surface area contributed by atoms with Crippen LogP contribution in [0.25, 0.3) is 11.0 Å². The number of ether oxygens (including phenoxy) is 2. The number of methoxy groups -OCH3 is 1. The van der Waals surface area contributed by atoms with Crippen molar-refractivity contribution in [1.29, 1.82) is 0 Å². The van der Waals surface area contributed by atoms with Crippen molar-refractivity contribution in [2.24, 2.45) is 0 Å². The molecular weight excluding hydrogens is 328 g/mol. The molecule has 0 spiro atoms. The third-order valence-corrected chi connectivity index (χ3v) is 3.37. The Labute approximate surface area is 144 Å². The number of carbonyl (C=O) groups excluding carboxylic acids is 2. The summed E-state index contributed by atoms with van der Waals surface area (Å²) >= 11 is 0. The standard InChI is InChI=1S/C17H20N2O6/c1-11-7-17(22)25-14-8-12(3-4-13(11)14)24-10-16(21)19-9-15(20)18-5-6-23-2/h3-4,7-8H,5-6,9-10H2,1-2H3,(H,18,20)(H,19,21). The molecule has 0 bridgehead atoms. The van der Waals surface area contributed by atoms with Gasteiger partial charge in [0.2, 0.25) is 5.91 Å². The van der Waals surface area contributed by atoms with Crippen molar-refractivity contribution in [2.45, 2.75) is 6.92 Å². The van der Waals surface area contributed by atoms with Gasteiger partial charge in [0.15, 0.2) is 6.61 Å². The zero-order valence-corrected chi connectivity index (χ0v) is 14.1. The molecule has 1 heterocycles. The van der Waals surface area contributed by atoms with E-state index in [1.165, 1.54) is 13.2 Å². The van der Waals surface area contributed by atoms with E-state index in [2.05, 4.69) is 10.6 Å². The van der Waals surface area contributed by atoms with Gasteiger partial charge in [0.25, 0.3) is 5.91 Å². The van der Waals surface area contributed by atoms with Gasteiger partial charge in [0.1, 0.15) is 11.3 Å². The molecule has 0 aliphatic rings. The number of nitrogens with one attached hydrogen (secondary N) is 2. The van der Waals surface area contributed by atoms with Crippen LogP contribution in [0.15, 0.2) is 33.5 Å². The van der Waals surface area contributed by atoms with Crippen LogP contribution < -0.4 is 21.0 Å². The number of hydrogen-bond acceptors (Lipinski definition) is 6. The molecule has 0 atom stereocenters. The third-order valence-electron chi connectivity index (χ3n) is 3.37. The Balaban J connectivity index is 1.84. The second-order valence-corrected chi connectivity index (χ2v) is 5.31. The van der Waals surface area contributed by atoms with E-state index in [4.69, 9.17) is 13.9 Å². The molecule has 0 aliphatic heterocycles. The Hall–Kier alpha value is -2.87. The molecule has 0 aliphatic carbocycles. The van der Waals surface area contributed by atoms with Crippen LogP contribution in [0.2, 0.25) is 0 Å². The van der Waals surface area contributed by atoms with E-state index in [-0.39, 0.29) is 19.1 Å². The van der Waals surface area contributed by atoms with E-state index in [0.717, 1.165) is 10.9 Å². The molecule has 2 N–H and O–H groups in total. The van der Waals surface area contributed by atoms with Gasteiger partial charge in [0.05, 0.1) is 13.2 Å². The first-order valence-electron chi connectivity index (χ1n) is 7.69. The lowest BCUT2D eigenvalue weighted by Gasteiger charge is -2.09. The Morgan fingerprint density at radius 2 is 1.96 bits per heavy atom. The highest BCUT2D eigenvalue weighted by atomic mass is 16.5. The van der Waals surface area contributed by atoms with Crippen molar-refractivity contribution in [3.8, 4) is 5.75 Å². The van der Waals surface area contributed by atoms with Crippen molar-refractivity contribution in [3.05, 3.63) is 40.2 Å². The highest BCUT2D eigenvalue weighted by molar-refractivity contribution is 5.85. The molecule has 134 valence electrons. The summed E-state index contributed by atoms with van der Waals surface area (Å²) in [6.07, 6.45) is 0. The maximum absolute atomic E-state index is 11.7. The fraction of sp³-hybridized carbons (Fsp3) is 0.353. The Morgan fingerprint density at radius 3 is 2.72 bits per heavy atom. The Morgan fingerprint density at radius 1 is 1.16 bits per heavy atom. The average Bonchev–Trinajstić information content (AvgIpc) is 2.58. The SMILES string of the molecule is COCCNC(=O)CNC(=O)COc1ccc2c(C)cc(=O)oc2c1. The van der Waals surface area contributed by atoms with Crippen LogP contribution in [0.3, 0.4) is 0 Å². The van der Waals surface area contributed by atoms with Gasteiger partial charge in [-0.2, -0.15) is 0 Å². The van der Waals surface area contributed by atoms with E-state index in [1.54, 1.807) is 18.2 Å². The molecule has 2 rings (SSSR count). The normalized spacial score (nSPS) is 10.5. The first-order chi connectivity index (χ1) is 12.0. The largest absolute Gasteiger partial charge is 0.484 e. The van der Waals surface area contributed by atoms with Crippen LogP contribution >= 0.6 is 0 Å². The minimum atomic E-state index is -0.445. The summed E-state index contributed by atoms with van der Waals surface area (Å²) in [5.41, 5.74) is 0.745. The minimum absolute atomic E-state index is 0.141. The van der Waals surface area contributed by atoms with Crippen LogP contribution in [-0.4, -0.2) is 45.2 Å². The summed E-state index contributed by atoms with van der Waals surface area (Å²) < 4.78 is 15.3. The molecule has 0 saturated heterocycles. The number of rotatable bonds is 8. The highest BCUT2D eigenvalue weighted by Gasteiger charge is 2.08.